The second-order valence-electron chi connectivity index (χ2n) is 4.48. The van der Waals surface area contributed by atoms with Gasteiger partial charge < -0.3 is 4.74 Å². The summed E-state index contributed by atoms with van der Waals surface area (Å²) in [6.45, 7) is 2.85. The van der Waals surface area contributed by atoms with Crippen LogP contribution >= 0.6 is 11.9 Å². The maximum atomic E-state index is 12.6. The minimum atomic E-state index is -5.37. The molecule has 0 saturated carbocycles. The SMILES string of the molecule is CC(SNCCN1CCOCC1)(C(F)(F)F)C(F)(F)F. The van der Waals surface area contributed by atoms with E-state index in [1.165, 1.54) is 0 Å². The largest absolute Gasteiger partial charge is 0.413 e. The molecular weight excluding hydrogens is 310 g/mol. The van der Waals surface area contributed by atoms with E-state index in [4.69, 9.17) is 4.74 Å². The molecule has 0 atom stereocenters. The molecule has 1 heterocycles. The third kappa shape index (κ3) is 4.40. The summed E-state index contributed by atoms with van der Waals surface area (Å²) in [6, 6.07) is 0. The van der Waals surface area contributed by atoms with Crippen molar-refractivity contribution < 1.29 is 31.1 Å². The second kappa shape index (κ2) is 6.71. The highest BCUT2D eigenvalue weighted by Gasteiger charge is 2.68. The molecule has 0 bridgehead atoms. The Morgan fingerprint density at radius 2 is 1.55 bits per heavy atom. The van der Waals surface area contributed by atoms with Crippen molar-refractivity contribution in [1.29, 1.82) is 0 Å². The Balaban J connectivity index is 2.43. The average Bonchev–Trinajstić information content (AvgIpc) is 2.33. The van der Waals surface area contributed by atoms with Crippen molar-refractivity contribution in [2.45, 2.75) is 24.0 Å². The van der Waals surface area contributed by atoms with Crippen LogP contribution in [0.25, 0.3) is 0 Å². The van der Waals surface area contributed by atoms with Crippen LogP contribution in [-0.4, -0.2) is 61.4 Å². The molecular formula is C10H16F6N2OS. The number of rotatable bonds is 5. The Bertz CT molecular complexity index is 289. The molecule has 0 aromatic rings. The first-order chi connectivity index (χ1) is 9.08. The normalized spacial score (nSPS) is 19.4. The smallest absolute Gasteiger partial charge is 0.379 e. The van der Waals surface area contributed by atoms with Gasteiger partial charge in [0.25, 0.3) is 0 Å². The molecule has 1 aliphatic heterocycles. The molecule has 1 aliphatic rings. The van der Waals surface area contributed by atoms with E-state index in [1.807, 2.05) is 4.90 Å². The first kappa shape index (κ1) is 17.9. The van der Waals surface area contributed by atoms with Gasteiger partial charge in [0, 0.05) is 26.2 Å². The van der Waals surface area contributed by atoms with Crippen molar-refractivity contribution in [2.24, 2.45) is 0 Å². The van der Waals surface area contributed by atoms with Crippen molar-refractivity contribution in [3.05, 3.63) is 0 Å². The summed E-state index contributed by atoms with van der Waals surface area (Å²) in [6.07, 6.45) is -10.7. The van der Waals surface area contributed by atoms with E-state index in [2.05, 4.69) is 4.72 Å². The van der Waals surface area contributed by atoms with Crippen molar-refractivity contribution >= 4 is 11.9 Å². The minimum absolute atomic E-state index is 0.0341. The summed E-state index contributed by atoms with van der Waals surface area (Å²) in [7, 11) is 0. The highest BCUT2D eigenvalue weighted by molar-refractivity contribution is 7.98. The van der Waals surface area contributed by atoms with Crippen LogP contribution in [0, 0.1) is 0 Å². The van der Waals surface area contributed by atoms with Gasteiger partial charge in [-0.2, -0.15) is 26.3 Å². The van der Waals surface area contributed by atoms with Crippen LogP contribution in [0.1, 0.15) is 6.92 Å². The lowest BCUT2D eigenvalue weighted by atomic mass is 10.1. The van der Waals surface area contributed by atoms with Crippen molar-refractivity contribution in [3.63, 3.8) is 0 Å². The Hall–Kier alpha value is -0.190. The van der Waals surface area contributed by atoms with E-state index in [9.17, 15) is 26.3 Å². The predicted octanol–water partition coefficient (Wildman–Crippen LogP) is 2.44. The van der Waals surface area contributed by atoms with E-state index in [1.54, 1.807) is 0 Å². The summed E-state index contributed by atoms with van der Waals surface area (Å²) >= 11 is -0.332. The van der Waals surface area contributed by atoms with Crippen LogP contribution in [0.4, 0.5) is 26.3 Å². The first-order valence-electron chi connectivity index (χ1n) is 5.92. The van der Waals surface area contributed by atoms with Gasteiger partial charge in [-0.3, -0.25) is 9.62 Å². The van der Waals surface area contributed by atoms with Gasteiger partial charge in [-0.25, -0.2) is 0 Å². The minimum Gasteiger partial charge on any atom is -0.379 e. The maximum Gasteiger partial charge on any atom is 0.413 e. The Labute approximate surface area is 117 Å². The highest BCUT2D eigenvalue weighted by atomic mass is 32.2. The summed E-state index contributed by atoms with van der Waals surface area (Å²) in [5.41, 5.74) is 0. The van der Waals surface area contributed by atoms with Crippen molar-refractivity contribution in [1.82, 2.24) is 9.62 Å². The topological polar surface area (TPSA) is 24.5 Å². The molecule has 120 valence electrons. The molecule has 10 heteroatoms. The van der Waals surface area contributed by atoms with E-state index in [0.717, 1.165) is 0 Å². The Morgan fingerprint density at radius 3 is 2.00 bits per heavy atom. The Morgan fingerprint density at radius 1 is 1.05 bits per heavy atom. The molecule has 20 heavy (non-hydrogen) atoms. The molecule has 1 fully saturated rings. The number of nitrogens with zero attached hydrogens (tertiary/aromatic N) is 1. The van der Waals surface area contributed by atoms with Gasteiger partial charge in [-0.15, -0.1) is 0 Å². The number of halogens is 6. The van der Waals surface area contributed by atoms with Gasteiger partial charge in [0.05, 0.1) is 13.2 Å². The predicted molar refractivity (Wildman–Crippen MR) is 63.4 cm³/mol. The summed E-state index contributed by atoms with van der Waals surface area (Å²) in [5, 5.41) is 0. The molecule has 1 rings (SSSR count). The van der Waals surface area contributed by atoms with E-state index in [-0.39, 0.29) is 25.4 Å². The summed E-state index contributed by atoms with van der Waals surface area (Å²) in [5.74, 6) is 0. The lowest BCUT2D eigenvalue weighted by Gasteiger charge is -2.33. The van der Waals surface area contributed by atoms with E-state index >= 15 is 0 Å². The molecule has 0 unspecified atom stereocenters. The lowest BCUT2D eigenvalue weighted by molar-refractivity contribution is -0.259. The van der Waals surface area contributed by atoms with Crippen LogP contribution in [0.5, 0.6) is 0 Å². The molecule has 3 nitrogen and oxygen atoms in total. The monoisotopic (exact) mass is 326 g/mol. The number of ether oxygens (including phenoxy) is 1. The zero-order valence-corrected chi connectivity index (χ0v) is 11.6. The zero-order valence-electron chi connectivity index (χ0n) is 10.8. The number of alkyl halides is 6. The van der Waals surface area contributed by atoms with Gasteiger partial charge in [-0.05, 0) is 6.92 Å². The molecule has 0 aromatic carbocycles. The molecule has 0 amide bonds. The van der Waals surface area contributed by atoms with Crippen LogP contribution < -0.4 is 4.72 Å². The van der Waals surface area contributed by atoms with Crippen LogP contribution in [0.2, 0.25) is 0 Å². The first-order valence-corrected chi connectivity index (χ1v) is 6.74. The van der Waals surface area contributed by atoms with Gasteiger partial charge >= 0.3 is 12.4 Å². The molecule has 1 N–H and O–H groups in total. The van der Waals surface area contributed by atoms with Gasteiger partial charge in [-0.1, -0.05) is 11.9 Å². The second-order valence-corrected chi connectivity index (χ2v) is 5.79. The average molecular weight is 326 g/mol. The third-order valence-electron chi connectivity index (χ3n) is 2.99. The molecule has 0 aromatic heterocycles. The standard InChI is InChI=1S/C10H16F6N2OS/c1-8(9(11,12)13,10(14,15)16)20-17-2-3-18-4-6-19-7-5-18/h17H,2-7H2,1H3. The third-order valence-corrected chi connectivity index (χ3v) is 4.21. The van der Waals surface area contributed by atoms with Gasteiger partial charge in [0.1, 0.15) is 0 Å². The highest BCUT2D eigenvalue weighted by Crippen LogP contribution is 2.50. The fourth-order valence-electron chi connectivity index (χ4n) is 1.50. The molecule has 0 radical (unpaired) electrons. The maximum absolute atomic E-state index is 12.6. The molecule has 0 spiro atoms. The van der Waals surface area contributed by atoms with Crippen LogP contribution in [0.3, 0.4) is 0 Å². The fourth-order valence-corrected chi connectivity index (χ4v) is 2.21. The number of hydrogen-bond donors (Lipinski definition) is 1. The number of morpholine rings is 1. The molecule has 0 aliphatic carbocycles. The van der Waals surface area contributed by atoms with Crippen molar-refractivity contribution in [2.75, 3.05) is 39.4 Å². The quantitative estimate of drug-likeness (QED) is 0.476. The molecule has 1 saturated heterocycles. The van der Waals surface area contributed by atoms with E-state index in [0.29, 0.717) is 32.8 Å². The van der Waals surface area contributed by atoms with Gasteiger partial charge in [0.2, 0.25) is 4.75 Å². The van der Waals surface area contributed by atoms with Crippen LogP contribution in [-0.2, 0) is 4.74 Å². The fraction of sp³-hybridized carbons (Fsp3) is 1.00. The Kier molecular flexibility index (Phi) is 6.00. The number of hydrogen-bond acceptors (Lipinski definition) is 4. The van der Waals surface area contributed by atoms with E-state index < -0.39 is 17.1 Å². The lowest BCUT2D eigenvalue weighted by Crippen LogP contribution is -2.53. The van der Waals surface area contributed by atoms with Crippen LogP contribution in [0.15, 0.2) is 0 Å². The number of nitrogens with one attached hydrogen (secondary N) is 1. The summed E-state index contributed by atoms with van der Waals surface area (Å²) < 4.78 is 78.9. The zero-order chi connectivity index (χ0) is 15.4. The van der Waals surface area contributed by atoms with Gasteiger partial charge in [0.15, 0.2) is 0 Å². The summed E-state index contributed by atoms with van der Waals surface area (Å²) in [4.78, 5) is 1.91. The van der Waals surface area contributed by atoms with Crippen molar-refractivity contribution in [3.8, 4) is 0 Å².